The summed E-state index contributed by atoms with van der Waals surface area (Å²) in [4.78, 5) is 1.04. The van der Waals surface area contributed by atoms with Crippen LogP contribution in [0.2, 0.25) is 0 Å². The molecule has 13 heavy (non-hydrogen) atoms. The van der Waals surface area contributed by atoms with Gasteiger partial charge in [0.05, 0.1) is 12.0 Å². The summed E-state index contributed by atoms with van der Waals surface area (Å²) < 4.78 is 4.55. The van der Waals surface area contributed by atoms with Gasteiger partial charge in [0.25, 0.3) is 0 Å². The van der Waals surface area contributed by atoms with Crippen LogP contribution in [0.1, 0.15) is 0 Å². The van der Waals surface area contributed by atoms with Crippen LogP contribution in [0.3, 0.4) is 0 Å². The van der Waals surface area contributed by atoms with Crippen molar-refractivity contribution in [1.82, 2.24) is 0 Å². The van der Waals surface area contributed by atoms with Crippen LogP contribution in [-0.2, 0) is 4.28 Å². The topological polar surface area (TPSA) is 35.2 Å². The minimum Gasteiger partial charge on any atom is -0.229 e. The molecule has 0 heterocycles. The first-order chi connectivity index (χ1) is 6.42. The van der Waals surface area contributed by atoms with E-state index >= 15 is 0 Å². The minimum absolute atomic E-state index is 1.04. The maximum atomic E-state index is 5.01. The van der Waals surface area contributed by atoms with Gasteiger partial charge in [0.15, 0.2) is 0 Å². The summed E-state index contributed by atoms with van der Waals surface area (Å²) in [7, 11) is 0. The molecule has 0 aromatic heterocycles. The number of benzene rings is 2. The van der Waals surface area contributed by atoms with Crippen LogP contribution in [0.25, 0.3) is 10.8 Å². The Morgan fingerprint density at radius 3 is 2.62 bits per heavy atom. The van der Waals surface area contributed by atoms with Crippen molar-refractivity contribution in [3.63, 3.8) is 0 Å². The lowest BCUT2D eigenvalue weighted by Gasteiger charge is -2.02. The molecule has 2 rings (SSSR count). The van der Waals surface area contributed by atoms with Crippen molar-refractivity contribution in [1.29, 1.82) is 0 Å². The predicted molar refractivity (Wildman–Crippen MR) is 55.1 cm³/mol. The smallest absolute Gasteiger partial charge is 0.0528 e. The molecule has 0 saturated carbocycles. The number of hydrogen-bond acceptors (Lipinski definition) is 3. The van der Waals surface area contributed by atoms with E-state index in [-0.39, 0.29) is 0 Å². The van der Waals surface area contributed by atoms with Gasteiger partial charge in [-0.15, -0.1) is 0 Å². The molecule has 0 bridgehead atoms. The summed E-state index contributed by atoms with van der Waals surface area (Å²) in [5.74, 6) is 5.01. The van der Waals surface area contributed by atoms with Gasteiger partial charge in [-0.25, -0.2) is 10.2 Å². The zero-order chi connectivity index (χ0) is 9.10. The summed E-state index contributed by atoms with van der Waals surface area (Å²) in [6, 6.07) is 14.2. The second-order valence-electron chi connectivity index (χ2n) is 2.66. The van der Waals surface area contributed by atoms with Gasteiger partial charge < -0.3 is 0 Å². The van der Waals surface area contributed by atoms with E-state index in [0.717, 1.165) is 4.90 Å². The fourth-order valence-electron chi connectivity index (χ4n) is 1.32. The van der Waals surface area contributed by atoms with Gasteiger partial charge in [-0.3, -0.25) is 0 Å². The van der Waals surface area contributed by atoms with Crippen molar-refractivity contribution >= 4 is 22.8 Å². The van der Waals surface area contributed by atoms with Crippen molar-refractivity contribution in [3.8, 4) is 0 Å². The third kappa shape index (κ3) is 1.67. The van der Waals surface area contributed by atoms with Crippen LogP contribution in [0.5, 0.6) is 0 Å². The molecule has 66 valence electrons. The van der Waals surface area contributed by atoms with Gasteiger partial charge in [0.1, 0.15) is 0 Å². The van der Waals surface area contributed by atoms with Crippen LogP contribution >= 0.6 is 12.0 Å². The molecule has 0 spiro atoms. The highest BCUT2D eigenvalue weighted by molar-refractivity contribution is 7.94. The van der Waals surface area contributed by atoms with Crippen molar-refractivity contribution in [2.24, 2.45) is 5.90 Å². The van der Waals surface area contributed by atoms with Crippen LogP contribution in [-0.4, -0.2) is 0 Å². The first-order valence-corrected chi connectivity index (χ1v) is 4.67. The van der Waals surface area contributed by atoms with Crippen LogP contribution in [0, 0.1) is 0 Å². The predicted octanol–water partition coefficient (Wildman–Crippen LogP) is 2.74. The van der Waals surface area contributed by atoms with E-state index in [1.807, 2.05) is 24.3 Å². The van der Waals surface area contributed by atoms with Gasteiger partial charge in [-0.1, -0.05) is 36.4 Å². The third-order valence-electron chi connectivity index (χ3n) is 1.89. The van der Waals surface area contributed by atoms with Crippen LogP contribution in [0.15, 0.2) is 47.4 Å². The fraction of sp³-hybridized carbons (Fsp3) is 0. The summed E-state index contributed by atoms with van der Waals surface area (Å²) in [5, 5.41) is 2.37. The highest BCUT2D eigenvalue weighted by Gasteiger charge is 1.99. The Morgan fingerprint density at radius 2 is 1.77 bits per heavy atom. The standard InChI is InChI=1S/C10H9NOS/c11-12-13-10-7-3-5-8-4-1-2-6-9(8)10/h1-7H,11H2. The molecule has 2 aromatic carbocycles. The highest BCUT2D eigenvalue weighted by Crippen LogP contribution is 2.26. The van der Waals surface area contributed by atoms with Crippen molar-refractivity contribution in [2.45, 2.75) is 4.90 Å². The van der Waals surface area contributed by atoms with Gasteiger partial charge in [0.2, 0.25) is 0 Å². The zero-order valence-electron chi connectivity index (χ0n) is 6.94. The molecule has 0 aliphatic rings. The molecule has 0 aliphatic heterocycles. The molecular formula is C10H9NOS. The van der Waals surface area contributed by atoms with E-state index in [0.29, 0.717) is 0 Å². The van der Waals surface area contributed by atoms with E-state index in [9.17, 15) is 0 Å². The Hall–Kier alpha value is -1.03. The number of fused-ring (bicyclic) bond motifs is 1. The van der Waals surface area contributed by atoms with E-state index in [4.69, 9.17) is 5.90 Å². The SMILES string of the molecule is NOSc1cccc2ccccc12. The Kier molecular flexibility index (Phi) is 2.49. The lowest BCUT2D eigenvalue weighted by Crippen LogP contribution is -1.87. The van der Waals surface area contributed by atoms with Gasteiger partial charge in [0, 0.05) is 4.90 Å². The van der Waals surface area contributed by atoms with E-state index in [2.05, 4.69) is 22.5 Å². The first kappa shape index (κ1) is 8.56. The maximum absolute atomic E-state index is 5.01. The Balaban J connectivity index is 2.61. The average Bonchev–Trinajstić information content (AvgIpc) is 2.19. The van der Waals surface area contributed by atoms with E-state index < -0.39 is 0 Å². The van der Waals surface area contributed by atoms with Crippen LogP contribution < -0.4 is 5.90 Å². The molecule has 0 amide bonds. The number of nitrogens with two attached hydrogens (primary N) is 1. The van der Waals surface area contributed by atoms with Crippen molar-refractivity contribution in [3.05, 3.63) is 42.5 Å². The maximum Gasteiger partial charge on any atom is 0.0528 e. The zero-order valence-corrected chi connectivity index (χ0v) is 7.75. The fourth-order valence-corrected chi connectivity index (χ4v) is 1.83. The lowest BCUT2D eigenvalue weighted by molar-refractivity contribution is 0.398. The number of hydrogen-bond donors (Lipinski definition) is 1. The minimum atomic E-state index is 1.04. The van der Waals surface area contributed by atoms with Gasteiger partial charge >= 0.3 is 0 Å². The molecule has 2 N–H and O–H groups in total. The van der Waals surface area contributed by atoms with Gasteiger partial charge in [-0.2, -0.15) is 0 Å². The molecule has 2 nitrogen and oxygen atoms in total. The molecule has 3 heteroatoms. The summed E-state index contributed by atoms with van der Waals surface area (Å²) in [5.41, 5.74) is 0. The average molecular weight is 191 g/mol. The Morgan fingerprint density at radius 1 is 1.00 bits per heavy atom. The molecule has 0 fully saturated rings. The molecule has 2 aromatic rings. The second-order valence-corrected chi connectivity index (χ2v) is 3.46. The van der Waals surface area contributed by atoms with Crippen molar-refractivity contribution in [2.75, 3.05) is 0 Å². The molecular weight excluding hydrogens is 182 g/mol. The summed E-state index contributed by atoms with van der Waals surface area (Å²) >= 11 is 1.18. The largest absolute Gasteiger partial charge is 0.229 e. The third-order valence-corrected chi connectivity index (χ3v) is 2.52. The summed E-state index contributed by atoms with van der Waals surface area (Å²) in [6.07, 6.45) is 0. The lowest BCUT2D eigenvalue weighted by atomic mass is 10.1. The van der Waals surface area contributed by atoms with Crippen LogP contribution in [0.4, 0.5) is 0 Å². The van der Waals surface area contributed by atoms with E-state index in [1.54, 1.807) is 0 Å². The monoisotopic (exact) mass is 191 g/mol. The number of rotatable bonds is 2. The quantitative estimate of drug-likeness (QED) is 0.585. The highest BCUT2D eigenvalue weighted by atomic mass is 32.2. The second kappa shape index (κ2) is 3.79. The van der Waals surface area contributed by atoms with Crippen molar-refractivity contribution < 1.29 is 4.28 Å². The normalized spacial score (nSPS) is 10.5. The molecule has 0 radical (unpaired) electrons. The Labute approximate surface area is 80.9 Å². The summed E-state index contributed by atoms with van der Waals surface area (Å²) in [6.45, 7) is 0. The molecule has 0 atom stereocenters. The van der Waals surface area contributed by atoms with E-state index in [1.165, 1.54) is 22.8 Å². The molecule has 0 saturated heterocycles. The Bertz CT molecular complexity index is 411. The molecule has 0 aliphatic carbocycles. The van der Waals surface area contributed by atoms with Gasteiger partial charge in [-0.05, 0) is 16.8 Å². The molecule has 0 unspecified atom stereocenters. The first-order valence-electron chi connectivity index (χ1n) is 3.93.